The van der Waals surface area contributed by atoms with Gasteiger partial charge in [-0.25, -0.2) is 0 Å². The molecule has 2 aliphatic rings. The highest BCUT2D eigenvalue weighted by Gasteiger charge is 2.59. The molecule has 4 heteroatoms. The van der Waals surface area contributed by atoms with Crippen LogP contribution in [-0.2, 0) is 19.1 Å². The topological polar surface area (TPSA) is 52.6 Å². The first-order valence-corrected chi connectivity index (χ1v) is 7.08. The lowest BCUT2D eigenvalue weighted by atomic mass is 9.67. The maximum Gasteiger partial charge on any atom is 0.313 e. The molecule has 0 spiro atoms. The van der Waals surface area contributed by atoms with Gasteiger partial charge in [-0.15, -0.1) is 0 Å². The maximum absolute atomic E-state index is 12.4. The summed E-state index contributed by atoms with van der Waals surface area (Å²) in [5, 5.41) is 0. The lowest BCUT2D eigenvalue weighted by Gasteiger charge is -2.37. The predicted molar refractivity (Wildman–Crippen MR) is 70.2 cm³/mol. The SMILES string of the molecule is CCOC(=O)C(C)C1(C(=O)OCC)CC2C=CC1C2. The molecule has 2 bridgehead atoms. The summed E-state index contributed by atoms with van der Waals surface area (Å²) in [4.78, 5) is 24.5. The van der Waals surface area contributed by atoms with Gasteiger partial charge in [-0.3, -0.25) is 9.59 Å². The molecule has 0 aromatic carbocycles. The van der Waals surface area contributed by atoms with Crippen LogP contribution in [0, 0.1) is 23.2 Å². The molecule has 0 amide bonds. The first-order valence-electron chi connectivity index (χ1n) is 7.08. The van der Waals surface area contributed by atoms with Gasteiger partial charge in [-0.2, -0.15) is 0 Å². The molecule has 0 heterocycles. The Morgan fingerprint density at radius 2 is 1.95 bits per heavy atom. The van der Waals surface area contributed by atoms with Gasteiger partial charge in [-0.05, 0) is 38.5 Å². The molecule has 19 heavy (non-hydrogen) atoms. The number of esters is 2. The molecule has 0 aromatic heterocycles. The third kappa shape index (κ3) is 2.17. The molecule has 4 atom stereocenters. The lowest BCUT2D eigenvalue weighted by molar-refractivity contribution is -0.171. The third-order valence-corrected chi connectivity index (χ3v) is 4.50. The Kier molecular flexibility index (Phi) is 3.97. The second-order valence-corrected chi connectivity index (χ2v) is 5.43. The number of ether oxygens (including phenoxy) is 2. The summed E-state index contributed by atoms with van der Waals surface area (Å²) in [6.45, 7) is 6.05. The maximum atomic E-state index is 12.4. The van der Waals surface area contributed by atoms with Crippen LogP contribution in [0.2, 0.25) is 0 Å². The van der Waals surface area contributed by atoms with E-state index in [-0.39, 0.29) is 17.9 Å². The van der Waals surface area contributed by atoms with Crippen molar-refractivity contribution in [1.29, 1.82) is 0 Å². The summed E-state index contributed by atoms with van der Waals surface area (Å²) in [5.74, 6) is -0.488. The lowest BCUT2D eigenvalue weighted by Crippen LogP contribution is -2.46. The average molecular weight is 266 g/mol. The van der Waals surface area contributed by atoms with E-state index in [1.807, 2.05) is 0 Å². The Morgan fingerprint density at radius 3 is 2.42 bits per heavy atom. The minimum atomic E-state index is -0.721. The van der Waals surface area contributed by atoms with Gasteiger partial charge in [0.2, 0.25) is 0 Å². The van der Waals surface area contributed by atoms with Crippen LogP contribution in [0.15, 0.2) is 12.2 Å². The van der Waals surface area contributed by atoms with Crippen molar-refractivity contribution in [2.45, 2.75) is 33.6 Å². The highest BCUT2D eigenvalue weighted by molar-refractivity contribution is 5.86. The number of fused-ring (bicyclic) bond motifs is 2. The van der Waals surface area contributed by atoms with Crippen LogP contribution < -0.4 is 0 Å². The van der Waals surface area contributed by atoms with Crippen molar-refractivity contribution < 1.29 is 19.1 Å². The van der Waals surface area contributed by atoms with Gasteiger partial charge in [0.15, 0.2) is 0 Å². The fourth-order valence-electron chi connectivity index (χ4n) is 3.55. The minimum Gasteiger partial charge on any atom is -0.466 e. The quantitative estimate of drug-likeness (QED) is 0.566. The summed E-state index contributed by atoms with van der Waals surface area (Å²) in [7, 11) is 0. The molecule has 1 fully saturated rings. The normalized spacial score (nSPS) is 33.2. The molecule has 2 aliphatic carbocycles. The Labute approximate surface area is 114 Å². The molecule has 0 radical (unpaired) electrons. The Balaban J connectivity index is 2.28. The molecule has 4 nitrogen and oxygen atoms in total. The van der Waals surface area contributed by atoms with Crippen molar-refractivity contribution >= 4 is 11.9 Å². The van der Waals surface area contributed by atoms with Gasteiger partial charge in [-0.1, -0.05) is 19.1 Å². The second-order valence-electron chi connectivity index (χ2n) is 5.43. The number of rotatable bonds is 5. The van der Waals surface area contributed by atoms with E-state index in [9.17, 15) is 9.59 Å². The van der Waals surface area contributed by atoms with E-state index in [1.54, 1.807) is 20.8 Å². The zero-order chi connectivity index (χ0) is 14.0. The van der Waals surface area contributed by atoms with Gasteiger partial charge in [0.25, 0.3) is 0 Å². The largest absolute Gasteiger partial charge is 0.466 e. The van der Waals surface area contributed by atoms with Gasteiger partial charge in [0, 0.05) is 0 Å². The highest BCUT2D eigenvalue weighted by atomic mass is 16.5. The van der Waals surface area contributed by atoms with E-state index in [1.165, 1.54) is 0 Å². The Morgan fingerprint density at radius 1 is 1.26 bits per heavy atom. The van der Waals surface area contributed by atoms with E-state index in [0.29, 0.717) is 25.6 Å². The third-order valence-electron chi connectivity index (χ3n) is 4.50. The zero-order valence-corrected chi connectivity index (χ0v) is 11.8. The van der Waals surface area contributed by atoms with Crippen LogP contribution in [0.4, 0.5) is 0 Å². The van der Waals surface area contributed by atoms with Crippen LogP contribution in [0.5, 0.6) is 0 Å². The van der Waals surface area contributed by atoms with Crippen molar-refractivity contribution in [3.8, 4) is 0 Å². The molecule has 0 saturated heterocycles. The van der Waals surface area contributed by atoms with Crippen LogP contribution in [-0.4, -0.2) is 25.2 Å². The molecule has 0 N–H and O–H groups in total. The summed E-state index contributed by atoms with van der Waals surface area (Å²) in [5.41, 5.74) is -0.721. The van der Waals surface area contributed by atoms with Crippen LogP contribution >= 0.6 is 0 Å². The van der Waals surface area contributed by atoms with Crippen molar-refractivity contribution in [2.75, 3.05) is 13.2 Å². The average Bonchev–Trinajstić information content (AvgIpc) is 2.99. The van der Waals surface area contributed by atoms with E-state index in [0.717, 1.165) is 6.42 Å². The molecule has 1 saturated carbocycles. The monoisotopic (exact) mass is 266 g/mol. The first kappa shape index (κ1) is 14.1. The van der Waals surface area contributed by atoms with E-state index >= 15 is 0 Å². The molecular weight excluding hydrogens is 244 g/mol. The van der Waals surface area contributed by atoms with E-state index in [4.69, 9.17) is 9.47 Å². The summed E-state index contributed by atoms with van der Waals surface area (Å²) in [6, 6.07) is 0. The molecular formula is C15H22O4. The van der Waals surface area contributed by atoms with Gasteiger partial charge < -0.3 is 9.47 Å². The highest BCUT2D eigenvalue weighted by Crippen LogP contribution is 2.56. The number of hydrogen-bond acceptors (Lipinski definition) is 4. The van der Waals surface area contributed by atoms with Crippen LogP contribution in [0.1, 0.15) is 33.6 Å². The molecule has 0 aliphatic heterocycles. The van der Waals surface area contributed by atoms with Crippen molar-refractivity contribution in [1.82, 2.24) is 0 Å². The van der Waals surface area contributed by atoms with Gasteiger partial charge in [0.05, 0.1) is 24.5 Å². The number of carbonyl (C=O) groups excluding carboxylic acids is 2. The number of allylic oxidation sites excluding steroid dienone is 2. The smallest absolute Gasteiger partial charge is 0.313 e. The number of carbonyl (C=O) groups is 2. The molecule has 106 valence electrons. The fourth-order valence-corrected chi connectivity index (χ4v) is 3.55. The van der Waals surface area contributed by atoms with E-state index in [2.05, 4.69) is 12.2 Å². The summed E-state index contributed by atoms with van der Waals surface area (Å²) in [6.07, 6.45) is 5.87. The van der Waals surface area contributed by atoms with Crippen LogP contribution in [0.3, 0.4) is 0 Å². The fraction of sp³-hybridized carbons (Fsp3) is 0.733. The van der Waals surface area contributed by atoms with Crippen molar-refractivity contribution in [3.05, 3.63) is 12.2 Å². The van der Waals surface area contributed by atoms with Gasteiger partial charge >= 0.3 is 11.9 Å². The minimum absolute atomic E-state index is 0.107. The molecule has 4 unspecified atom stereocenters. The van der Waals surface area contributed by atoms with Gasteiger partial charge in [0.1, 0.15) is 0 Å². The first-order chi connectivity index (χ1) is 9.06. The predicted octanol–water partition coefficient (Wildman–Crippen LogP) is 2.33. The van der Waals surface area contributed by atoms with Crippen LogP contribution in [0.25, 0.3) is 0 Å². The summed E-state index contributed by atoms with van der Waals surface area (Å²) >= 11 is 0. The number of hydrogen-bond donors (Lipinski definition) is 0. The van der Waals surface area contributed by atoms with Crippen molar-refractivity contribution in [2.24, 2.45) is 23.2 Å². The van der Waals surface area contributed by atoms with E-state index < -0.39 is 11.3 Å². The van der Waals surface area contributed by atoms with Crippen molar-refractivity contribution in [3.63, 3.8) is 0 Å². The molecule has 2 rings (SSSR count). The molecule has 0 aromatic rings. The standard InChI is InChI=1S/C15H22O4/c1-4-18-13(16)10(3)15(14(17)19-5-2)9-11-6-7-12(15)8-11/h6-7,10-12H,4-5,8-9H2,1-3H3. The summed E-state index contributed by atoms with van der Waals surface area (Å²) < 4.78 is 10.4. The zero-order valence-electron chi connectivity index (χ0n) is 11.8. The Bertz CT molecular complexity index is 401. The second kappa shape index (κ2) is 5.35. The Hall–Kier alpha value is -1.32.